The molecule has 0 aromatic heterocycles. The van der Waals surface area contributed by atoms with E-state index in [9.17, 15) is 9.90 Å². The second kappa shape index (κ2) is 15.6. The fraction of sp³-hybridized carbons (Fsp3) is 0.0833. The molecular formula is C24H23O3PRh. The number of rotatable bonds is 4. The molecule has 0 aliphatic heterocycles. The summed E-state index contributed by atoms with van der Waals surface area (Å²) in [6, 6.07) is 32.5. The van der Waals surface area contributed by atoms with E-state index in [1.54, 1.807) is 0 Å². The molecular weight excluding hydrogens is 470 g/mol. The molecule has 151 valence electrons. The van der Waals surface area contributed by atoms with E-state index < -0.39 is 7.92 Å². The van der Waals surface area contributed by atoms with E-state index in [4.69, 9.17) is 4.65 Å². The molecule has 0 aliphatic rings. The summed E-state index contributed by atoms with van der Waals surface area (Å²) in [6.07, 6.45) is 1.06. The molecule has 0 aliphatic carbocycles. The van der Waals surface area contributed by atoms with Gasteiger partial charge in [-0.2, -0.15) is 0 Å². The normalized spacial score (nSPS) is 9.76. The van der Waals surface area contributed by atoms with Crippen LogP contribution in [0.1, 0.15) is 13.8 Å². The van der Waals surface area contributed by atoms with Crippen LogP contribution < -0.4 is 21.0 Å². The minimum absolute atomic E-state index is 0. The Morgan fingerprint density at radius 1 is 0.759 bits per heavy atom. The van der Waals surface area contributed by atoms with E-state index in [1.165, 1.54) is 29.8 Å². The molecule has 0 bridgehead atoms. The number of ketones is 1. The molecule has 29 heavy (non-hydrogen) atoms. The van der Waals surface area contributed by atoms with Gasteiger partial charge in [0.25, 0.3) is 0 Å². The number of benzene rings is 3. The Hall–Kier alpha value is -2.34. The van der Waals surface area contributed by atoms with Crippen LogP contribution in [0, 0.1) is 6.65 Å². The third-order valence-electron chi connectivity index (χ3n) is 3.59. The first-order chi connectivity index (χ1) is 13.6. The Morgan fingerprint density at radius 2 is 1.03 bits per heavy atom. The number of carbonyl (C=O) groups is 1. The summed E-state index contributed by atoms with van der Waals surface area (Å²) in [7, 11) is -0.877. The van der Waals surface area contributed by atoms with Crippen LogP contribution in [0.15, 0.2) is 103 Å². The molecule has 3 nitrogen and oxygen atoms in total. The van der Waals surface area contributed by atoms with Crippen LogP contribution in [0.25, 0.3) is 0 Å². The minimum Gasteiger partial charge on any atom is -0.0620 e. The third-order valence-corrected chi connectivity index (χ3v) is 6.33. The van der Waals surface area contributed by atoms with Gasteiger partial charge in [-0.1, -0.05) is 61.5 Å². The molecule has 0 saturated carbocycles. The second-order valence-electron chi connectivity index (χ2n) is 5.84. The number of allylic oxidation sites excluding steroid dienone is 2. The van der Waals surface area contributed by atoms with Gasteiger partial charge in [0.2, 0.25) is 0 Å². The number of hydrogen-bond acceptors (Lipinski definition) is 2. The molecule has 3 aromatic carbocycles. The van der Waals surface area contributed by atoms with Crippen molar-refractivity contribution in [2.75, 3.05) is 0 Å². The molecule has 0 heterocycles. The topological polar surface area (TPSA) is 60.0 Å². The van der Waals surface area contributed by atoms with Crippen molar-refractivity contribution < 1.29 is 34.0 Å². The van der Waals surface area contributed by atoms with Crippen molar-refractivity contribution in [1.29, 1.82) is 0 Å². The van der Waals surface area contributed by atoms with E-state index in [2.05, 4.69) is 97.6 Å². The van der Waals surface area contributed by atoms with Crippen molar-refractivity contribution in [2.45, 2.75) is 13.8 Å². The summed E-state index contributed by atoms with van der Waals surface area (Å²) in [5.41, 5.74) is 0. The zero-order valence-corrected chi connectivity index (χ0v) is 18.9. The first-order valence-corrected chi connectivity index (χ1v) is 10.2. The van der Waals surface area contributed by atoms with Gasteiger partial charge in [0, 0.05) is 19.5 Å². The zero-order valence-electron chi connectivity index (χ0n) is 16.3. The summed E-state index contributed by atoms with van der Waals surface area (Å²) in [5.74, 6) is -0.375. The van der Waals surface area contributed by atoms with Gasteiger partial charge in [-0.25, -0.2) is 0 Å². The van der Waals surface area contributed by atoms with E-state index in [-0.39, 0.29) is 31.0 Å². The third kappa shape index (κ3) is 10.1. The fourth-order valence-corrected chi connectivity index (χ4v) is 5.18. The van der Waals surface area contributed by atoms with Crippen LogP contribution in [-0.2, 0) is 28.9 Å². The number of hydrogen-bond donors (Lipinski definition) is 0. The Balaban J connectivity index is 0.000000675. The summed E-state index contributed by atoms with van der Waals surface area (Å²) in [6.45, 7) is 7.20. The molecule has 0 saturated heterocycles. The summed E-state index contributed by atoms with van der Waals surface area (Å²) in [4.78, 5) is 9.98. The predicted octanol–water partition coefficient (Wildman–Crippen LogP) is 2.98. The maximum absolute atomic E-state index is 9.98. The first kappa shape index (κ1) is 26.7. The maximum atomic E-state index is 9.98. The summed E-state index contributed by atoms with van der Waals surface area (Å²) >= 11 is 0. The molecule has 0 unspecified atom stereocenters. The van der Waals surface area contributed by atoms with Gasteiger partial charge in [-0.3, -0.25) is 4.79 Å². The van der Waals surface area contributed by atoms with Crippen molar-refractivity contribution in [3.05, 3.63) is 109 Å². The average Bonchev–Trinajstić information content (AvgIpc) is 2.72. The molecule has 0 fully saturated rings. The predicted molar refractivity (Wildman–Crippen MR) is 115 cm³/mol. The molecule has 3 rings (SSSR count). The van der Waals surface area contributed by atoms with Crippen LogP contribution in [0.5, 0.6) is 0 Å². The SMILES string of the molecule is CC(=O)C=C(C)[O-].[C-]#[O+].[Rh].c1ccc([PH+](c2ccccc2)c2ccccc2)cc1. The van der Waals surface area contributed by atoms with Crippen LogP contribution in [0.4, 0.5) is 0 Å². The Labute approximate surface area is 186 Å². The van der Waals surface area contributed by atoms with Crippen molar-refractivity contribution in [3.63, 3.8) is 0 Å². The fourth-order valence-electron chi connectivity index (χ4n) is 2.60. The smallest absolute Gasteiger partial charge is 0.0620 e. The van der Waals surface area contributed by atoms with Gasteiger partial charge in [0.15, 0.2) is 5.78 Å². The van der Waals surface area contributed by atoms with Gasteiger partial charge in [-0.15, -0.1) is 5.76 Å². The standard InChI is InChI=1S/C18H15P.C5H8O2.CO.Rh/c1-4-10-16(11-5-1)19(17-12-6-2-7-13-17)18-14-8-3-9-15-18;1-4(6)3-5(2)7;1-2;/h1-15H;3,6H,1-2H3;;. The van der Waals surface area contributed by atoms with Gasteiger partial charge in [-0.05, 0) is 49.4 Å². The summed E-state index contributed by atoms with van der Waals surface area (Å²) < 4.78 is 7.50. The van der Waals surface area contributed by atoms with E-state index >= 15 is 0 Å². The Kier molecular flexibility index (Phi) is 14.3. The molecule has 3 aromatic rings. The average molecular weight is 493 g/mol. The minimum atomic E-state index is -0.877. The van der Waals surface area contributed by atoms with Crippen molar-refractivity contribution in [2.24, 2.45) is 0 Å². The molecule has 0 spiro atoms. The first-order valence-electron chi connectivity index (χ1n) is 8.67. The van der Waals surface area contributed by atoms with Gasteiger partial charge in [0.05, 0.1) is 7.92 Å². The van der Waals surface area contributed by atoms with Crippen molar-refractivity contribution in [3.8, 4) is 0 Å². The molecule has 1 radical (unpaired) electrons. The van der Waals surface area contributed by atoms with Gasteiger partial charge < -0.3 is 5.11 Å². The second-order valence-corrected chi connectivity index (χ2v) is 8.32. The zero-order chi connectivity index (χ0) is 20.8. The van der Waals surface area contributed by atoms with Crippen LogP contribution in [0.2, 0.25) is 0 Å². The number of carbonyl (C=O) groups excluding carboxylic acids is 1. The maximum Gasteiger partial charge on any atom is 0.102 e. The molecule has 5 heteroatoms. The Morgan fingerprint density at radius 3 is 1.21 bits per heavy atom. The quantitative estimate of drug-likeness (QED) is 0.140. The largest absolute Gasteiger partial charge is 0.102 e. The van der Waals surface area contributed by atoms with Crippen LogP contribution in [0.3, 0.4) is 0 Å². The van der Waals surface area contributed by atoms with Gasteiger partial charge in [0.1, 0.15) is 15.9 Å². The van der Waals surface area contributed by atoms with E-state index in [0.717, 1.165) is 6.08 Å². The van der Waals surface area contributed by atoms with E-state index in [0.29, 0.717) is 0 Å². The van der Waals surface area contributed by atoms with Crippen molar-refractivity contribution in [1.82, 2.24) is 0 Å². The molecule has 0 amide bonds. The molecule has 0 atom stereocenters. The monoisotopic (exact) mass is 493 g/mol. The van der Waals surface area contributed by atoms with Gasteiger partial charge >= 0.3 is 11.3 Å². The molecule has 0 N–H and O–H groups in total. The van der Waals surface area contributed by atoms with E-state index in [1.807, 2.05) is 0 Å². The van der Waals surface area contributed by atoms with Crippen LogP contribution >= 0.6 is 7.92 Å². The summed E-state index contributed by atoms with van der Waals surface area (Å²) in [5, 5.41) is 14.3. The Bertz CT molecular complexity index is 781. The van der Waals surface area contributed by atoms with Crippen LogP contribution in [-0.4, -0.2) is 5.78 Å². The van der Waals surface area contributed by atoms with Crippen molar-refractivity contribution >= 4 is 29.6 Å².